The first-order chi connectivity index (χ1) is 9.62. The molecule has 1 amide bonds. The molecule has 0 saturated carbocycles. The fourth-order valence-electron chi connectivity index (χ4n) is 3.26. The number of carbonyl (C=O) groups excluding carboxylic acids is 1. The molecule has 1 N–H and O–H groups in total. The van der Waals surface area contributed by atoms with Gasteiger partial charge in [-0.3, -0.25) is 4.79 Å². The number of rotatable bonds is 2. The fourth-order valence-corrected chi connectivity index (χ4v) is 3.26. The van der Waals surface area contributed by atoms with Crippen LogP contribution >= 0.6 is 0 Å². The van der Waals surface area contributed by atoms with E-state index >= 15 is 0 Å². The van der Waals surface area contributed by atoms with Crippen molar-refractivity contribution >= 4 is 11.9 Å². The van der Waals surface area contributed by atoms with Crippen LogP contribution in [0.3, 0.4) is 0 Å². The van der Waals surface area contributed by atoms with Gasteiger partial charge in [0.1, 0.15) is 0 Å². The Morgan fingerprint density at radius 2 is 2.15 bits per heavy atom. The first-order valence-corrected chi connectivity index (χ1v) is 7.46. The Morgan fingerprint density at radius 1 is 1.40 bits per heavy atom. The molecule has 0 bridgehead atoms. The van der Waals surface area contributed by atoms with Crippen molar-refractivity contribution in [3.8, 4) is 0 Å². The second-order valence-corrected chi connectivity index (χ2v) is 6.09. The molecule has 0 aliphatic carbocycles. The van der Waals surface area contributed by atoms with E-state index < -0.39 is 0 Å². The summed E-state index contributed by atoms with van der Waals surface area (Å²) < 4.78 is 0. The van der Waals surface area contributed by atoms with Crippen LogP contribution in [0.25, 0.3) is 0 Å². The summed E-state index contributed by atoms with van der Waals surface area (Å²) in [6.07, 6.45) is 5.65. The number of aryl methyl sites for hydroxylation is 2. The predicted molar refractivity (Wildman–Crippen MR) is 77.7 cm³/mol. The van der Waals surface area contributed by atoms with E-state index in [1.165, 1.54) is 0 Å². The summed E-state index contributed by atoms with van der Waals surface area (Å²) in [6.45, 7) is 6.92. The average Bonchev–Trinajstić information content (AvgIpc) is 2.81. The van der Waals surface area contributed by atoms with Crippen LogP contribution in [-0.4, -0.2) is 35.5 Å². The van der Waals surface area contributed by atoms with Crippen molar-refractivity contribution in [1.82, 2.24) is 15.3 Å². The van der Waals surface area contributed by atoms with Crippen molar-refractivity contribution in [2.45, 2.75) is 39.5 Å². The molecular formula is C15H22N4O. The van der Waals surface area contributed by atoms with Crippen molar-refractivity contribution in [1.29, 1.82) is 0 Å². The molecular weight excluding hydrogens is 252 g/mol. The van der Waals surface area contributed by atoms with Crippen LogP contribution in [0.4, 0.5) is 5.95 Å². The van der Waals surface area contributed by atoms with Crippen LogP contribution in [-0.2, 0) is 11.2 Å². The zero-order chi connectivity index (χ0) is 14.2. The number of hydrogen-bond acceptors (Lipinski definition) is 4. The summed E-state index contributed by atoms with van der Waals surface area (Å²) in [5, 5.41) is 2.97. The van der Waals surface area contributed by atoms with Crippen LogP contribution in [0.5, 0.6) is 0 Å². The molecule has 1 aromatic heterocycles. The summed E-state index contributed by atoms with van der Waals surface area (Å²) in [5.74, 6) is 1.05. The van der Waals surface area contributed by atoms with E-state index in [1.807, 2.05) is 6.20 Å². The van der Waals surface area contributed by atoms with Gasteiger partial charge in [0.05, 0.1) is 0 Å². The lowest BCUT2D eigenvalue weighted by molar-refractivity contribution is -0.119. The Kier molecular flexibility index (Phi) is 3.36. The SMILES string of the molecule is CCc1nc(N2CCC3(CC2)CNC(=O)C3)ncc1C. The van der Waals surface area contributed by atoms with Gasteiger partial charge in [-0.25, -0.2) is 9.97 Å². The zero-order valence-electron chi connectivity index (χ0n) is 12.3. The molecule has 2 fully saturated rings. The summed E-state index contributed by atoms with van der Waals surface area (Å²) >= 11 is 0. The van der Waals surface area contributed by atoms with E-state index in [-0.39, 0.29) is 11.3 Å². The van der Waals surface area contributed by atoms with E-state index in [0.717, 1.165) is 56.1 Å². The van der Waals surface area contributed by atoms with Gasteiger partial charge in [0, 0.05) is 37.9 Å². The number of piperidine rings is 1. The number of anilines is 1. The Labute approximate surface area is 119 Å². The van der Waals surface area contributed by atoms with Crippen molar-refractivity contribution in [3.63, 3.8) is 0 Å². The molecule has 20 heavy (non-hydrogen) atoms. The van der Waals surface area contributed by atoms with Gasteiger partial charge < -0.3 is 10.2 Å². The third-order valence-electron chi connectivity index (χ3n) is 4.70. The van der Waals surface area contributed by atoms with E-state index in [4.69, 9.17) is 0 Å². The minimum atomic E-state index is 0.186. The molecule has 5 heteroatoms. The third kappa shape index (κ3) is 2.37. The van der Waals surface area contributed by atoms with Crippen LogP contribution in [0.15, 0.2) is 6.20 Å². The highest BCUT2D eigenvalue weighted by Crippen LogP contribution is 2.38. The summed E-state index contributed by atoms with van der Waals surface area (Å²) in [7, 11) is 0. The summed E-state index contributed by atoms with van der Waals surface area (Å²) in [5.41, 5.74) is 2.48. The highest BCUT2D eigenvalue weighted by atomic mass is 16.1. The largest absolute Gasteiger partial charge is 0.356 e. The van der Waals surface area contributed by atoms with Crippen molar-refractivity contribution in [3.05, 3.63) is 17.5 Å². The number of aromatic nitrogens is 2. The van der Waals surface area contributed by atoms with Crippen molar-refractivity contribution in [2.24, 2.45) is 5.41 Å². The summed E-state index contributed by atoms with van der Waals surface area (Å²) in [6, 6.07) is 0. The molecule has 3 rings (SSSR count). The van der Waals surface area contributed by atoms with Crippen molar-refractivity contribution < 1.29 is 4.79 Å². The van der Waals surface area contributed by atoms with Crippen LogP contribution < -0.4 is 10.2 Å². The average molecular weight is 274 g/mol. The molecule has 0 aromatic carbocycles. The van der Waals surface area contributed by atoms with E-state index in [0.29, 0.717) is 6.42 Å². The molecule has 0 atom stereocenters. The Hall–Kier alpha value is -1.65. The van der Waals surface area contributed by atoms with Crippen molar-refractivity contribution in [2.75, 3.05) is 24.5 Å². The Morgan fingerprint density at radius 3 is 2.75 bits per heavy atom. The molecule has 108 valence electrons. The third-order valence-corrected chi connectivity index (χ3v) is 4.70. The second-order valence-electron chi connectivity index (χ2n) is 6.09. The predicted octanol–water partition coefficient (Wildman–Crippen LogP) is 1.45. The highest BCUT2D eigenvalue weighted by Gasteiger charge is 2.41. The van der Waals surface area contributed by atoms with Gasteiger partial charge in [-0.15, -0.1) is 0 Å². The summed E-state index contributed by atoms with van der Waals surface area (Å²) in [4.78, 5) is 22.8. The highest BCUT2D eigenvalue weighted by molar-refractivity contribution is 5.79. The normalized spacial score (nSPS) is 21.3. The maximum atomic E-state index is 11.4. The minimum absolute atomic E-state index is 0.186. The monoisotopic (exact) mass is 274 g/mol. The number of amides is 1. The fraction of sp³-hybridized carbons (Fsp3) is 0.667. The maximum absolute atomic E-state index is 11.4. The lowest BCUT2D eigenvalue weighted by atomic mass is 9.78. The topological polar surface area (TPSA) is 58.1 Å². The van der Waals surface area contributed by atoms with Crippen LogP contribution in [0, 0.1) is 12.3 Å². The molecule has 1 aromatic rings. The quantitative estimate of drug-likeness (QED) is 0.887. The van der Waals surface area contributed by atoms with Gasteiger partial charge in [0.15, 0.2) is 0 Å². The minimum Gasteiger partial charge on any atom is -0.356 e. The van der Waals surface area contributed by atoms with Gasteiger partial charge in [0.2, 0.25) is 11.9 Å². The van der Waals surface area contributed by atoms with Gasteiger partial charge in [-0.1, -0.05) is 6.92 Å². The van der Waals surface area contributed by atoms with Gasteiger partial charge in [-0.2, -0.15) is 0 Å². The lowest BCUT2D eigenvalue weighted by Gasteiger charge is -2.38. The molecule has 2 aliphatic heterocycles. The smallest absolute Gasteiger partial charge is 0.225 e. The zero-order valence-corrected chi connectivity index (χ0v) is 12.3. The molecule has 2 saturated heterocycles. The second kappa shape index (κ2) is 5.04. The van der Waals surface area contributed by atoms with Gasteiger partial charge in [0.25, 0.3) is 0 Å². The maximum Gasteiger partial charge on any atom is 0.225 e. The lowest BCUT2D eigenvalue weighted by Crippen LogP contribution is -2.42. The Bertz CT molecular complexity index is 521. The Balaban J connectivity index is 1.70. The van der Waals surface area contributed by atoms with E-state index in [2.05, 4.69) is 34.0 Å². The van der Waals surface area contributed by atoms with Gasteiger partial charge >= 0.3 is 0 Å². The molecule has 0 radical (unpaired) electrons. The molecule has 3 heterocycles. The molecule has 0 unspecified atom stereocenters. The number of nitrogens with one attached hydrogen (secondary N) is 1. The number of carbonyl (C=O) groups is 1. The van der Waals surface area contributed by atoms with Crippen LogP contribution in [0.1, 0.15) is 37.4 Å². The standard InChI is InChI=1S/C15H22N4O/c1-3-12-11(2)9-16-14(18-12)19-6-4-15(5-7-19)8-13(20)17-10-15/h9H,3-8,10H2,1-2H3,(H,17,20). The van der Waals surface area contributed by atoms with Crippen LogP contribution in [0.2, 0.25) is 0 Å². The number of nitrogens with zero attached hydrogens (tertiary/aromatic N) is 3. The molecule has 5 nitrogen and oxygen atoms in total. The van der Waals surface area contributed by atoms with E-state index in [1.54, 1.807) is 0 Å². The van der Waals surface area contributed by atoms with Gasteiger partial charge in [-0.05, 0) is 37.2 Å². The first kappa shape index (κ1) is 13.3. The number of hydrogen-bond donors (Lipinski definition) is 1. The first-order valence-electron chi connectivity index (χ1n) is 7.46. The van der Waals surface area contributed by atoms with E-state index in [9.17, 15) is 4.79 Å². The molecule has 2 aliphatic rings. The molecule has 1 spiro atoms.